The summed E-state index contributed by atoms with van der Waals surface area (Å²) >= 11 is 6.19. The lowest BCUT2D eigenvalue weighted by atomic mass is 9.88. The van der Waals surface area contributed by atoms with E-state index >= 15 is 0 Å². The smallest absolute Gasteiger partial charge is 0.256 e. The molecule has 0 bridgehead atoms. The molecule has 0 spiro atoms. The molecule has 33 heavy (non-hydrogen) atoms. The molecule has 4 rings (SSSR count). The Bertz CT molecular complexity index is 1180. The molecule has 1 aliphatic rings. The third kappa shape index (κ3) is 4.25. The van der Waals surface area contributed by atoms with Crippen molar-refractivity contribution in [3.8, 4) is 11.5 Å². The molecule has 2 heterocycles. The van der Waals surface area contributed by atoms with Crippen LogP contribution in [0.5, 0.6) is 11.5 Å². The quantitative estimate of drug-likeness (QED) is 0.580. The fourth-order valence-corrected chi connectivity index (χ4v) is 4.84. The molecule has 174 valence electrons. The lowest BCUT2D eigenvalue weighted by Gasteiger charge is -2.33. The SMILES string of the molecule is COc1cccc(OC)c1C1CCN(C(=O)c2cn(C(C)C(N)=O)c3cc(Cl)ccc23)CC1. The van der Waals surface area contributed by atoms with Crippen molar-refractivity contribution in [2.24, 2.45) is 5.73 Å². The largest absolute Gasteiger partial charge is 0.496 e. The minimum atomic E-state index is -0.601. The Kier molecular flexibility index (Phi) is 6.51. The number of nitrogens with zero attached hydrogens (tertiary/aromatic N) is 2. The van der Waals surface area contributed by atoms with E-state index in [1.807, 2.05) is 29.2 Å². The monoisotopic (exact) mass is 469 g/mol. The van der Waals surface area contributed by atoms with Crippen LogP contribution in [0.25, 0.3) is 10.9 Å². The van der Waals surface area contributed by atoms with Gasteiger partial charge >= 0.3 is 0 Å². The van der Waals surface area contributed by atoms with Crippen LogP contribution in [0.2, 0.25) is 5.02 Å². The summed E-state index contributed by atoms with van der Waals surface area (Å²) in [5.41, 5.74) is 7.84. The number of fused-ring (bicyclic) bond motifs is 1. The molecule has 8 heteroatoms. The van der Waals surface area contributed by atoms with Gasteiger partial charge in [0.2, 0.25) is 5.91 Å². The van der Waals surface area contributed by atoms with Gasteiger partial charge in [0.1, 0.15) is 17.5 Å². The van der Waals surface area contributed by atoms with Crippen LogP contribution in [0.4, 0.5) is 0 Å². The van der Waals surface area contributed by atoms with E-state index in [2.05, 4.69) is 0 Å². The molecule has 1 saturated heterocycles. The van der Waals surface area contributed by atoms with E-state index in [1.165, 1.54) is 0 Å². The summed E-state index contributed by atoms with van der Waals surface area (Å²) in [5, 5.41) is 1.29. The van der Waals surface area contributed by atoms with Crippen LogP contribution >= 0.6 is 11.6 Å². The maximum atomic E-state index is 13.5. The van der Waals surface area contributed by atoms with E-state index in [-0.39, 0.29) is 11.8 Å². The minimum Gasteiger partial charge on any atom is -0.496 e. The average molecular weight is 470 g/mol. The van der Waals surface area contributed by atoms with Crippen LogP contribution in [0.1, 0.15) is 47.6 Å². The molecule has 2 aromatic carbocycles. The van der Waals surface area contributed by atoms with Crippen molar-refractivity contribution < 1.29 is 19.1 Å². The molecule has 1 fully saturated rings. The van der Waals surface area contributed by atoms with Crippen LogP contribution in [0.15, 0.2) is 42.6 Å². The van der Waals surface area contributed by atoms with Crippen LogP contribution in [0, 0.1) is 0 Å². The summed E-state index contributed by atoms with van der Waals surface area (Å²) in [6.07, 6.45) is 3.31. The number of aromatic nitrogens is 1. The van der Waals surface area contributed by atoms with Crippen molar-refractivity contribution in [2.45, 2.75) is 31.7 Å². The van der Waals surface area contributed by atoms with Gasteiger partial charge in [-0.15, -0.1) is 0 Å². The van der Waals surface area contributed by atoms with Crippen LogP contribution in [-0.2, 0) is 4.79 Å². The topological polar surface area (TPSA) is 86.8 Å². The van der Waals surface area contributed by atoms with E-state index in [9.17, 15) is 9.59 Å². The van der Waals surface area contributed by atoms with Crippen LogP contribution < -0.4 is 15.2 Å². The Hall–Kier alpha value is -3.19. The van der Waals surface area contributed by atoms with Crippen molar-refractivity contribution in [3.05, 3.63) is 58.7 Å². The summed E-state index contributed by atoms with van der Waals surface area (Å²) < 4.78 is 12.9. The van der Waals surface area contributed by atoms with Gasteiger partial charge in [0.05, 0.1) is 25.3 Å². The number of benzene rings is 2. The second-order valence-corrected chi connectivity index (χ2v) is 8.77. The molecule has 1 unspecified atom stereocenters. The van der Waals surface area contributed by atoms with Gasteiger partial charge in [-0.2, -0.15) is 0 Å². The molecule has 1 aromatic heterocycles. The van der Waals surface area contributed by atoms with E-state index in [4.69, 9.17) is 26.8 Å². The Morgan fingerprint density at radius 1 is 1.09 bits per heavy atom. The zero-order valence-corrected chi connectivity index (χ0v) is 19.8. The van der Waals surface area contributed by atoms with Gasteiger partial charge in [0.25, 0.3) is 5.91 Å². The van der Waals surface area contributed by atoms with Gasteiger partial charge in [-0.25, -0.2) is 0 Å². The molecule has 1 atom stereocenters. The molecular weight excluding hydrogens is 442 g/mol. The second-order valence-electron chi connectivity index (χ2n) is 8.33. The summed E-state index contributed by atoms with van der Waals surface area (Å²) in [7, 11) is 3.32. The summed E-state index contributed by atoms with van der Waals surface area (Å²) in [6, 6.07) is 10.5. The number of piperidine rings is 1. The van der Waals surface area contributed by atoms with Crippen molar-refractivity contribution >= 4 is 34.3 Å². The molecule has 2 amide bonds. The van der Waals surface area contributed by atoms with Crippen molar-refractivity contribution in [3.63, 3.8) is 0 Å². The number of primary amides is 1. The molecule has 1 aliphatic heterocycles. The number of methoxy groups -OCH3 is 2. The Morgan fingerprint density at radius 2 is 1.73 bits per heavy atom. The number of ether oxygens (including phenoxy) is 2. The number of likely N-dealkylation sites (tertiary alicyclic amines) is 1. The van der Waals surface area contributed by atoms with Gasteiger partial charge in [-0.3, -0.25) is 9.59 Å². The van der Waals surface area contributed by atoms with Crippen molar-refractivity contribution in [1.29, 1.82) is 0 Å². The highest BCUT2D eigenvalue weighted by Gasteiger charge is 2.30. The maximum Gasteiger partial charge on any atom is 0.256 e. The zero-order chi connectivity index (χ0) is 23.7. The Labute approximate surface area is 198 Å². The third-order valence-electron chi connectivity index (χ3n) is 6.51. The normalized spacial score (nSPS) is 15.5. The minimum absolute atomic E-state index is 0.0665. The van der Waals surface area contributed by atoms with Crippen molar-refractivity contribution in [1.82, 2.24) is 9.47 Å². The number of hydrogen-bond donors (Lipinski definition) is 1. The number of hydrogen-bond acceptors (Lipinski definition) is 4. The van der Waals surface area contributed by atoms with Gasteiger partial charge in [0, 0.05) is 35.3 Å². The van der Waals surface area contributed by atoms with E-state index in [1.54, 1.807) is 44.0 Å². The highest BCUT2D eigenvalue weighted by atomic mass is 35.5. The highest BCUT2D eigenvalue weighted by Crippen LogP contribution is 2.40. The summed E-state index contributed by atoms with van der Waals surface area (Å²) in [4.78, 5) is 27.2. The van der Waals surface area contributed by atoms with Gasteiger partial charge in [-0.05, 0) is 49.9 Å². The molecule has 3 aromatic rings. The lowest BCUT2D eigenvalue weighted by molar-refractivity contribution is -0.120. The second kappa shape index (κ2) is 9.35. The van der Waals surface area contributed by atoms with Crippen molar-refractivity contribution in [2.75, 3.05) is 27.3 Å². The number of carbonyl (C=O) groups is 2. The van der Waals surface area contributed by atoms with E-state index < -0.39 is 11.9 Å². The Morgan fingerprint density at radius 3 is 2.30 bits per heavy atom. The predicted octanol–water partition coefficient (Wildman–Crippen LogP) is 4.38. The first-order valence-corrected chi connectivity index (χ1v) is 11.3. The molecule has 0 saturated carbocycles. The molecule has 7 nitrogen and oxygen atoms in total. The first-order chi connectivity index (χ1) is 15.8. The standard InChI is InChI=1S/C25H28ClN3O4/c1-15(24(27)30)29-14-19(18-8-7-17(26)13-20(18)29)25(31)28-11-9-16(10-12-28)23-21(32-2)5-4-6-22(23)33-3/h4-8,13-16H,9-12H2,1-3H3,(H2,27,30). The molecule has 0 radical (unpaired) electrons. The third-order valence-corrected chi connectivity index (χ3v) is 6.75. The lowest BCUT2D eigenvalue weighted by Crippen LogP contribution is -2.38. The summed E-state index contributed by atoms with van der Waals surface area (Å²) in [5.74, 6) is 1.30. The fraction of sp³-hybridized carbons (Fsp3) is 0.360. The number of nitrogens with two attached hydrogens (primary N) is 1. The van der Waals surface area contributed by atoms with Gasteiger partial charge < -0.3 is 24.7 Å². The fourth-order valence-electron chi connectivity index (χ4n) is 4.68. The van der Waals surface area contributed by atoms with Gasteiger partial charge in [-0.1, -0.05) is 23.7 Å². The highest BCUT2D eigenvalue weighted by molar-refractivity contribution is 6.31. The summed E-state index contributed by atoms with van der Waals surface area (Å²) in [6.45, 7) is 2.93. The number of carbonyl (C=O) groups excluding carboxylic acids is 2. The first-order valence-electron chi connectivity index (χ1n) is 10.9. The van der Waals surface area contributed by atoms with Gasteiger partial charge in [0.15, 0.2) is 0 Å². The molecule has 0 aliphatic carbocycles. The maximum absolute atomic E-state index is 13.5. The first kappa shape index (κ1) is 23.0. The zero-order valence-electron chi connectivity index (χ0n) is 19.0. The number of halogens is 1. The van der Waals surface area contributed by atoms with Crippen LogP contribution in [0.3, 0.4) is 0 Å². The predicted molar refractivity (Wildman–Crippen MR) is 128 cm³/mol. The van der Waals surface area contributed by atoms with E-state index in [0.717, 1.165) is 35.3 Å². The number of rotatable bonds is 6. The number of amides is 2. The average Bonchev–Trinajstić information content (AvgIpc) is 3.20. The molecule has 2 N–H and O–H groups in total. The van der Waals surface area contributed by atoms with E-state index in [0.29, 0.717) is 29.2 Å². The Balaban J connectivity index is 1.60. The molecular formula is C25H28ClN3O4. The van der Waals surface area contributed by atoms with Crippen LogP contribution in [-0.4, -0.2) is 48.6 Å².